The second kappa shape index (κ2) is 9.88. The second-order valence-electron chi connectivity index (χ2n) is 10.2. The molecule has 3 aromatic heterocycles. The minimum Gasteiger partial charge on any atom is -0.444 e. The van der Waals surface area contributed by atoms with Crippen molar-refractivity contribution < 1.29 is 18.7 Å². The average Bonchev–Trinajstić information content (AvgIpc) is 3.26. The number of nitrogens with zero attached hydrogens (tertiary/aromatic N) is 6. The highest BCUT2D eigenvalue weighted by atomic mass is 19.1. The molecule has 2 aliphatic heterocycles. The van der Waals surface area contributed by atoms with Crippen LogP contribution in [0, 0.1) is 5.82 Å². The molecule has 36 heavy (non-hydrogen) atoms. The molecule has 0 saturated carbocycles. The number of piperidine rings is 1. The van der Waals surface area contributed by atoms with Crippen LogP contribution in [0.1, 0.15) is 33.6 Å². The van der Waals surface area contributed by atoms with Gasteiger partial charge in [0.15, 0.2) is 5.82 Å². The Morgan fingerprint density at radius 3 is 2.78 bits per heavy atom. The molecule has 1 atom stereocenters. The Morgan fingerprint density at radius 1 is 1.19 bits per heavy atom. The Balaban J connectivity index is 1.43. The lowest BCUT2D eigenvalue weighted by Crippen LogP contribution is -2.47. The normalized spacial score (nSPS) is 18.9. The molecule has 0 aliphatic carbocycles. The van der Waals surface area contributed by atoms with Crippen LogP contribution in [0.3, 0.4) is 0 Å². The number of morpholine rings is 1. The van der Waals surface area contributed by atoms with E-state index in [4.69, 9.17) is 19.4 Å². The Hall–Kier alpha value is -3.47. The van der Waals surface area contributed by atoms with E-state index in [0.717, 1.165) is 18.7 Å². The summed E-state index contributed by atoms with van der Waals surface area (Å²) in [4.78, 5) is 30.5. The summed E-state index contributed by atoms with van der Waals surface area (Å²) in [5.74, 6) is 1.48. The number of hydrogen-bond acceptors (Lipinski definition) is 8. The number of anilines is 2. The van der Waals surface area contributed by atoms with Crippen LogP contribution in [0.25, 0.3) is 17.2 Å². The van der Waals surface area contributed by atoms with Crippen LogP contribution in [-0.2, 0) is 9.47 Å². The zero-order valence-electron chi connectivity index (χ0n) is 20.9. The van der Waals surface area contributed by atoms with E-state index in [0.29, 0.717) is 62.4 Å². The molecule has 3 aromatic rings. The maximum absolute atomic E-state index is 14.0. The molecule has 0 bridgehead atoms. The van der Waals surface area contributed by atoms with Gasteiger partial charge in [0.2, 0.25) is 0 Å². The van der Waals surface area contributed by atoms with Crippen LogP contribution in [-0.4, -0.2) is 81.4 Å². The van der Waals surface area contributed by atoms with E-state index in [1.54, 1.807) is 21.6 Å². The van der Waals surface area contributed by atoms with E-state index in [1.165, 1.54) is 12.3 Å². The molecule has 192 valence electrons. The van der Waals surface area contributed by atoms with Crippen LogP contribution in [0.5, 0.6) is 0 Å². The second-order valence-corrected chi connectivity index (χ2v) is 10.2. The molecule has 10 nitrogen and oxygen atoms in total. The fraction of sp³-hybridized carbons (Fsp3) is 0.520. The predicted octanol–water partition coefficient (Wildman–Crippen LogP) is 3.58. The monoisotopic (exact) mass is 497 g/mol. The van der Waals surface area contributed by atoms with Gasteiger partial charge in [0.05, 0.1) is 19.4 Å². The van der Waals surface area contributed by atoms with Crippen LogP contribution < -0.4 is 10.2 Å². The Labute approximate surface area is 209 Å². The van der Waals surface area contributed by atoms with Crippen molar-refractivity contribution >= 4 is 23.4 Å². The number of pyridine rings is 1. The zero-order valence-corrected chi connectivity index (χ0v) is 20.9. The molecule has 5 heterocycles. The summed E-state index contributed by atoms with van der Waals surface area (Å²) >= 11 is 0. The first-order chi connectivity index (χ1) is 17.2. The van der Waals surface area contributed by atoms with Gasteiger partial charge in [0.1, 0.15) is 34.4 Å². The number of nitrogens with one attached hydrogen (secondary N) is 1. The summed E-state index contributed by atoms with van der Waals surface area (Å²) in [5.41, 5.74) is 0.669. The van der Waals surface area contributed by atoms with E-state index >= 15 is 0 Å². The fourth-order valence-corrected chi connectivity index (χ4v) is 4.49. The van der Waals surface area contributed by atoms with Gasteiger partial charge in [-0.15, -0.1) is 0 Å². The largest absolute Gasteiger partial charge is 0.444 e. The summed E-state index contributed by atoms with van der Waals surface area (Å²) in [6, 6.07) is 4.93. The third-order valence-corrected chi connectivity index (χ3v) is 6.17. The standard InChI is InChI=1S/C25H32FN7O3/c1-25(2,3)36-24(34)32-8-4-5-18(16-32)28-20-13-22(31-9-11-35-12-10-31)30-23(29-20)19-14-27-21-7-6-17(26)15-33(19)21/h6-7,13-15,18H,4-5,8-12,16H2,1-3H3,(H,28,29,30)/t18-/m1/s1. The number of aromatic nitrogens is 4. The molecule has 2 aliphatic rings. The number of carbonyl (C=O) groups is 1. The first-order valence-electron chi connectivity index (χ1n) is 12.3. The van der Waals surface area contributed by atoms with Crippen molar-refractivity contribution in [3.63, 3.8) is 0 Å². The molecule has 1 N–H and O–H groups in total. The molecular weight excluding hydrogens is 465 g/mol. The Morgan fingerprint density at radius 2 is 2.00 bits per heavy atom. The maximum atomic E-state index is 14.0. The zero-order chi connectivity index (χ0) is 25.3. The van der Waals surface area contributed by atoms with Gasteiger partial charge in [-0.2, -0.15) is 0 Å². The first kappa shape index (κ1) is 24.2. The number of halogens is 1. The average molecular weight is 498 g/mol. The van der Waals surface area contributed by atoms with Crippen molar-refractivity contribution in [1.29, 1.82) is 0 Å². The van der Waals surface area contributed by atoms with Gasteiger partial charge in [0.25, 0.3) is 0 Å². The summed E-state index contributed by atoms with van der Waals surface area (Å²) in [7, 11) is 0. The maximum Gasteiger partial charge on any atom is 0.410 e. The smallest absolute Gasteiger partial charge is 0.410 e. The minimum absolute atomic E-state index is 0.00573. The van der Waals surface area contributed by atoms with E-state index < -0.39 is 5.60 Å². The van der Waals surface area contributed by atoms with Crippen molar-refractivity contribution in [3.05, 3.63) is 36.4 Å². The van der Waals surface area contributed by atoms with Crippen molar-refractivity contribution in [2.45, 2.75) is 45.3 Å². The number of fused-ring (bicyclic) bond motifs is 1. The third-order valence-electron chi connectivity index (χ3n) is 6.17. The molecule has 11 heteroatoms. The number of likely N-dealkylation sites (tertiary alicyclic amines) is 1. The van der Waals surface area contributed by atoms with Gasteiger partial charge in [-0.25, -0.2) is 24.1 Å². The van der Waals surface area contributed by atoms with Gasteiger partial charge < -0.3 is 24.6 Å². The molecule has 0 radical (unpaired) electrons. The molecule has 0 spiro atoms. The van der Waals surface area contributed by atoms with Gasteiger partial charge in [-0.05, 0) is 45.7 Å². The van der Waals surface area contributed by atoms with Crippen LogP contribution in [0.4, 0.5) is 20.8 Å². The van der Waals surface area contributed by atoms with Crippen molar-refractivity contribution in [2.24, 2.45) is 0 Å². The van der Waals surface area contributed by atoms with Gasteiger partial charge >= 0.3 is 6.09 Å². The number of amides is 1. The molecule has 2 fully saturated rings. The number of carbonyl (C=O) groups excluding carboxylic acids is 1. The Bertz CT molecular complexity index is 1240. The summed E-state index contributed by atoms with van der Waals surface area (Å²) in [6.07, 6.45) is 4.49. The van der Waals surface area contributed by atoms with Crippen molar-refractivity contribution in [1.82, 2.24) is 24.3 Å². The van der Waals surface area contributed by atoms with Crippen LogP contribution in [0.15, 0.2) is 30.6 Å². The summed E-state index contributed by atoms with van der Waals surface area (Å²) in [5, 5.41) is 3.51. The van der Waals surface area contributed by atoms with Gasteiger partial charge in [-0.1, -0.05) is 0 Å². The SMILES string of the molecule is CC(C)(C)OC(=O)N1CCC[C@@H](Nc2cc(N3CCOCC3)nc(-c3cnc4ccc(F)cn34)n2)C1. The lowest BCUT2D eigenvalue weighted by atomic mass is 10.1. The molecule has 2 saturated heterocycles. The van der Waals surface area contributed by atoms with E-state index in [-0.39, 0.29) is 18.0 Å². The van der Waals surface area contributed by atoms with Gasteiger partial charge in [-0.3, -0.25) is 4.40 Å². The lowest BCUT2D eigenvalue weighted by Gasteiger charge is -2.35. The van der Waals surface area contributed by atoms with E-state index in [9.17, 15) is 9.18 Å². The molecule has 5 rings (SSSR count). The fourth-order valence-electron chi connectivity index (χ4n) is 4.49. The first-order valence-corrected chi connectivity index (χ1v) is 12.3. The predicted molar refractivity (Wildman–Crippen MR) is 134 cm³/mol. The number of imidazole rings is 1. The van der Waals surface area contributed by atoms with E-state index in [1.807, 2.05) is 26.8 Å². The van der Waals surface area contributed by atoms with Crippen molar-refractivity contribution in [2.75, 3.05) is 49.6 Å². The highest BCUT2D eigenvalue weighted by molar-refractivity contribution is 5.68. The number of rotatable bonds is 4. The van der Waals surface area contributed by atoms with E-state index in [2.05, 4.69) is 15.2 Å². The number of ether oxygens (including phenoxy) is 2. The minimum atomic E-state index is -0.542. The molecule has 0 unspecified atom stereocenters. The van der Waals surface area contributed by atoms with Crippen LogP contribution in [0.2, 0.25) is 0 Å². The molecule has 0 aromatic carbocycles. The van der Waals surface area contributed by atoms with Crippen LogP contribution >= 0.6 is 0 Å². The number of hydrogen-bond donors (Lipinski definition) is 1. The third kappa shape index (κ3) is 5.51. The topological polar surface area (TPSA) is 97.1 Å². The highest BCUT2D eigenvalue weighted by Crippen LogP contribution is 2.26. The summed E-state index contributed by atoms with van der Waals surface area (Å²) in [6.45, 7) is 9.45. The lowest BCUT2D eigenvalue weighted by molar-refractivity contribution is 0.0206. The molecule has 1 amide bonds. The Kier molecular flexibility index (Phi) is 6.65. The molecular formula is C25H32FN7O3. The summed E-state index contributed by atoms with van der Waals surface area (Å²) < 4.78 is 26.7. The quantitative estimate of drug-likeness (QED) is 0.584. The highest BCUT2D eigenvalue weighted by Gasteiger charge is 2.28. The van der Waals surface area contributed by atoms with Crippen molar-refractivity contribution in [3.8, 4) is 11.5 Å². The van der Waals surface area contributed by atoms with Gasteiger partial charge in [0, 0.05) is 44.5 Å².